The Morgan fingerprint density at radius 3 is 2.82 bits per heavy atom. The number of aliphatic carboxylic acids is 1. The zero-order valence-electron chi connectivity index (χ0n) is 9.72. The van der Waals surface area contributed by atoms with E-state index in [9.17, 15) is 15.0 Å². The molecule has 17 heavy (non-hydrogen) atoms. The first-order valence-electron chi connectivity index (χ1n) is 5.64. The van der Waals surface area contributed by atoms with Crippen LogP contribution in [0.3, 0.4) is 0 Å². The van der Waals surface area contributed by atoms with E-state index in [0.29, 0.717) is 24.2 Å². The smallest absolute Gasteiger partial charge is 0.314 e. The van der Waals surface area contributed by atoms with Crippen molar-refractivity contribution in [3.63, 3.8) is 0 Å². The van der Waals surface area contributed by atoms with Gasteiger partial charge in [0.25, 0.3) is 0 Å². The van der Waals surface area contributed by atoms with Crippen molar-refractivity contribution in [3.05, 3.63) is 29.8 Å². The lowest BCUT2D eigenvalue weighted by Crippen LogP contribution is -2.33. The molecule has 1 aromatic carbocycles. The predicted octanol–water partition coefficient (Wildman–Crippen LogP) is 1.56. The van der Waals surface area contributed by atoms with Crippen molar-refractivity contribution in [1.82, 2.24) is 0 Å². The highest BCUT2D eigenvalue weighted by atomic mass is 16.5. The quantitative estimate of drug-likeness (QED) is 0.835. The number of ether oxygens (including phenoxy) is 1. The van der Waals surface area contributed by atoms with E-state index in [-0.39, 0.29) is 6.42 Å². The number of carboxylic acids is 1. The molecule has 1 aliphatic rings. The van der Waals surface area contributed by atoms with E-state index in [0.717, 1.165) is 0 Å². The van der Waals surface area contributed by atoms with Gasteiger partial charge in [-0.3, -0.25) is 4.79 Å². The molecule has 0 amide bonds. The maximum absolute atomic E-state index is 11.5. The molecule has 0 aromatic heterocycles. The molecule has 2 N–H and O–H groups in total. The van der Waals surface area contributed by atoms with E-state index in [1.165, 1.54) is 0 Å². The highest BCUT2D eigenvalue weighted by Crippen LogP contribution is 2.42. The predicted molar refractivity (Wildman–Crippen MR) is 62.2 cm³/mol. The Kier molecular flexibility index (Phi) is 3.07. The van der Waals surface area contributed by atoms with Crippen molar-refractivity contribution in [2.75, 3.05) is 7.11 Å². The second kappa shape index (κ2) is 4.37. The van der Waals surface area contributed by atoms with Crippen LogP contribution in [0.25, 0.3) is 0 Å². The van der Waals surface area contributed by atoms with Crippen molar-refractivity contribution in [2.24, 2.45) is 0 Å². The third kappa shape index (κ3) is 2.00. The van der Waals surface area contributed by atoms with Crippen molar-refractivity contribution in [1.29, 1.82) is 0 Å². The Labute approximate surface area is 99.8 Å². The minimum absolute atomic E-state index is 0.273. The van der Waals surface area contributed by atoms with Gasteiger partial charge in [-0.1, -0.05) is 12.1 Å². The first-order chi connectivity index (χ1) is 8.08. The third-order valence-corrected chi connectivity index (χ3v) is 3.52. The summed E-state index contributed by atoms with van der Waals surface area (Å²) in [7, 11) is 1.55. The van der Waals surface area contributed by atoms with Crippen molar-refractivity contribution >= 4 is 5.97 Å². The van der Waals surface area contributed by atoms with Gasteiger partial charge in [-0.05, 0) is 37.0 Å². The van der Waals surface area contributed by atoms with Crippen LogP contribution in [0.2, 0.25) is 0 Å². The highest BCUT2D eigenvalue weighted by Gasteiger charge is 2.46. The van der Waals surface area contributed by atoms with Gasteiger partial charge in [0, 0.05) is 0 Å². The number of aliphatic hydroxyl groups is 1. The number of rotatable bonds is 3. The molecule has 0 spiro atoms. The summed E-state index contributed by atoms with van der Waals surface area (Å²) in [5, 5.41) is 19.1. The molecule has 0 bridgehead atoms. The fourth-order valence-electron chi connectivity index (χ4n) is 2.52. The van der Waals surface area contributed by atoms with Gasteiger partial charge in [-0.2, -0.15) is 0 Å². The van der Waals surface area contributed by atoms with Crippen LogP contribution in [0, 0.1) is 0 Å². The van der Waals surface area contributed by atoms with Gasteiger partial charge < -0.3 is 14.9 Å². The molecule has 1 fully saturated rings. The summed E-state index contributed by atoms with van der Waals surface area (Å²) >= 11 is 0. The van der Waals surface area contributed by atoms with Gasteiger partial charge in [0.1, 0.15) is 5.75 Å². The van der Waals surface area contributed by atoms with Crippen LogP contribution in [0.4, 0.5) is 0 Å². The molecule has 1 aromatic rings. The Morgan fingerprint density at radius 2 is 2.29 bits per heavy atom. The van der Waals surface area contributed by atoms with Crippen LogP contribution < -0.4 is 4.74 Å². The van der Waals surface area contributed by atoms with Gasteiger partial charge in [-0.15, -0.1) is 0 Å². The lowest BCUT2D eigenvalue weighted by atomic mass is 9.79. The topological polar surface area (TPSA) is 66.8 Å². The SMILES string of the molecule is COc1cccc(C2(C(=O)O)CCC(O)C2)c1. The van der Waals surface area contributed by atoms with Crippen molar-refractivity contribution in [2.45, 2.75) is 30.8 Å². The monoisotopic (exact) mass is 236 g/mol. The molecule has 2 atom stereocenters. The van der Waals surface area contributed by atoms with Crippen LogP contribution in [0.1, 0.15) is 24.8 Å². The maximum atomic E-state index is 11.5. The van der Waals surface area contributed by atoms with E-state index >= 15 is 0 Å². The molecule has 4 heteroatoms. The van der Waals surface area contributed by atoms with Crippen LogP contribution in [0.15, 0.2) is 24.3 Å². The van der Waals surface area contributed by atoms with Crippen molar-refractivity contribution in [3.8, 4) is 5.75 Å². The van der Waals surface area contributed by atoms with Gasteiger partial charge in [0.2, 0.25) is 0 Å². The highest BCUT2D eigenvalue weighted by molar-refractivity contribution is 5.82. The number of carboxylic acid groups (broad SMARTS) is 1. The third-order valence-electron chi connectivity index (χ3n) is 3.52. The molecule has 1 saturated carbocycles. The lowest BCUT2D eigenvalue weighted by molar-refractivity contribution is -0.144. The van der Waals surface area contributed by atoms with E-state index < -0.39 is 17.5 Å². The number of carbonyl (C=O) groups is 1. The fraction of sp³-hybridized carbons (Fsp3) is 0.462. The largest absolute Gasteiger partial charge is 0.497 e. The molecule has 0 aliphatic heterocycles. The Morgan fingerprint density at radius 1 is 1.53 bits per heavy atom. The lowest BCUT2D eigenvalue weighted by Gasteiger charge is -2.24. The fourth-order valence-corrected chi connectivity index (χ4v) is 2.52. The Bertz CT molecular complexity index is 429. The van der Waals surface area contributed by atoms with Crippen molar-refractivity contribution < 1.29 is 19.7 Å². The van der Waals surface area contributed by atoms with Gasteiger partial charge in [0.15, 0.2) is 0 Å². The van der Waals surface area contributed by atoms with E-state index in [1.807, 2.05) is 0 Å². The Hall–Kier alpha value is -1.55. The minimum atomic E-state index is -0.964. The molecular weight excluding hydrogens is 220 g/mol. The minimum Gasteiger partial charge on any atom is -0.497 e. The molecule has 0 heterocycles. The standard InChI is InChI=1S/C13H16O4/c1-17-11-4-2-3-9(7-11)13(12(15)16)6-5-10(14)8-13/h2-4,7,10,14H,5-6,8H2,1H3,(H,15,16). The van der Waals surface area contributed by atoms with Crippen LogP contribution in [-0.2, 0) is 10.2 Å². The Balaban J connectivity index is 2.43. The molecule has 92 valence electrons. The summed E-state index contributed by atoms with van der Waals surface area (Å²) in [6, 6.07) is 7.09. The van der Waals surface area contributed by atoms with E-state index in [4.69, 9.17) is 4.74 Å². The van der Waals surface area contributed by atoms with Crippen LogP contribution in [0.5, 0.6) is 5.75 Å². The first kappa shape index (κ1) is 11.9. The van der Waals surface area contributed by atoms with Gasteiger partial charge in [-0.25, -0.2) is 0 Å². The van der Waals surface area contributed by atoms with E-state index in [2.05, 4.69) is 0 Å². The van der Waals surface area contributed by atoms with Crippen LogP contribution >= 0.6 is 0 Å². The van der Waals surface area contributed by atoms with Gasteiger partial charge in [0.05, 0.1) is 18.6 Å². The maximum Gasteiger partial charge on any atom is 0.314 e. The zero-order valence-corrected chi connectivity index (χ0v) is 9.72. The van der Waals surface area contributed by atoms with Crippen LogP contribution in [-0.4, -0.2) is 29.4 Å². The first-order valence-corrected chi connectivity index (χ1v) is 5.64. The average molecular weight is 236 g/mol. The molecule has 0 saturated heterocycles. The number of benzene rings is 1. The van der Waals surface area contributed by atoms with E-state index in [1.54, 1.807) is 31.4 Å². The summed E-state index contributed by atoms with van der Waals surface area (Å²) < 4.78 is 5.11. The summed E-state index contributed by atoms with van der Waals surface area (Å²) in [5.74, 6) is -0.230. The van der Waals surface area contributed by atoms with Gasteiger partial charge >= 0.3 is 5.97 Å². The molecule has 1 aliphatic carbocycles. The molecule has 2 rings (SSSR count). The second-order valence-electron chi connectivity index (χ2n) is 4.52. The molecule has 4 nitrogen and oxygen atoms in total. The summed E-state index contributed by atoms with van der Waals surface area (Å²) in [4.78, 5) is 11.5. The molecule has 2 unspecified atom stereocenters. The summed E-state index contributed by atoms with van der Waals surface area (Å²) in [5.41, 5.74) is -0.255. The zero-order chi connectivity index (χ0) is 12.5. The number of methoxy groups -OCH3 is 1. The summed E-state index contributed by atoms with van der Waals surface area (Å²) in [6.07, 6.45) is 0.743. The number of hydrogen-bond acceptors (Lipinski definition) is 3. The normalized spacial score (nSPS) is 28.0. The number of hydrogen-bond donors (Lipinski definition) is 2. The average Bonchev–Trinajstić information content (AvgIpc) is 2.73. The summed E-state index contributed by atoms with van der Waals surface area (Å²) in [6.45, 7) is 0. The molecular formula is C13H16O4. The molecule has 0 radical (unpaired) electrons. The number of aliphatic hydroxyl groups excluding tert-OH is 1. The second-order valence-corrected chi connectivity index (χ2v) is 4.52.